The summed E-state index contributed by atoms with van der Waals surface area (Å²) in [5, 5.41) is 12.2. The van der Waals surface area contributed by atoms with Crippen molar-refractivity contribution in [2.45, 2.75) is 32.4 Å². The van der Waals surface area contributed by atoms with Crippen molar-refractivity contribution in [3.63, 3.8) is 0 Å². The Kier molecular flexibility index (Phi) is 2.92. The van der Waals surface area contributed by atoms with Crippen LogP contribution in [0.2, 0.25) is 0 Å². The number of aliphatic hydroxyl groups is 1. The predicted molar refractivity (Wildman–Crippen MR) is 43.7 cm³/mol. The van der Waals surface area contributed by atoms with E-state index in [2.05, 4.69) is 10.1 Å². The van der Waals surface area contributed by atoms with Gasteiger partial charge in [0, 0.05) is 6.42 Å². The van der Waals surface area contributed by atoms with Crippen LogP contribution in [0.4, 0.5) is 4.79 Å². The number of cyclic esters (lactones) is 1. The van der Waals surface area contributed by atoms with Gasteiger partial charge in [0.1, 0.15) is 0 Å². The maximum atomic E-state index is 10.8. The maximum Gasteiger partial charge on any atom is 0.407 e. The van der Waals surface area contributed by atoms with Crippen LogP contribution in [0.15, 0.2) is 0 Å². The quantitative estimate of drug-likeness (QED) is 0.639. The average molecular weight is 173 g/mol. The zero-order valence-corrected chi connectivity index (χ0v) is 7.41. The van der Waals surface area contributed by atoms with Crippen LogP contribution in [0.3, 0.4) is 0 Å². The summed E-state index contributed by atoms with van der Waals surface area (Å²) in [5.74, 6) is 0.161. The maximum absolute atomic E-state index is 10.8. The minimum absolute atomic E-state index is 0.147. The molecule has 0 saturated carbocycles. The molecule has 12 heavy (non-hydrogen) atoms. The van der Waals surface area contributed by atoms with Crippen molar-refractivity contribution in [2.75, 3.05) is 6.61 Å². The van der Waals surface area contributed by atoms with Gasteiger partial charge in [-0.25, -0.2) is 4.79 Å². The highest BCUT2D eigenvalue weighted by Gasteiger charge is 2.27. The van der Waals surface area contributed by atoms with Gasteiger partial charge in [-0.3, -0.25) is 0 Å². The molecule has 1 aliphatic rings. The summed E-state index contributed by atoms with van der Waals surface area (Å²) >= 11 is 0. The molecule has 2 N–H and O–H groups in total. The van der Waals surface area contributed by atoms with Gasteiger partial charge in [0.05, 0.1) is 18.8 Å². The van der Waals surface area contributed by atoms with Gasteiger partial charge in [-0.1, -0.05) is 13.8 Å². The van der Waals surface area contributed by atoms with Gasteiger partial charge in [-0.05, 0) is 5.92 Å². The van der Waals surface area contributed by atoms with Gasteiger partial charge < -0.3 is 15.2 Å². The third kappa shape index (κ3) is 2.11. The molecule has 1 aliphatic heterocycles. The van der Waals surface area contributed by atoms with E-state index in [0.29, 0.717) is 13.0 Å². The zero-order chi connectivity index (χ0) is 9.14. The Labute approximate surface area is 71.9 Å². The Morgan fingerprint density at radius 2 is 2.33 bits per heavy atom. The topological polar surface area (TPSA) is 58.6 Å². The van der Waals surface area contributed by atoms with E-state index in [1.165, 1.54) is 0 Å². The number of hydrogen-bond acceptors (Lipinski definition) is 3. The van der Waals surface area contributed by atoms with Crippen LogP contribution >= 0.6 is 0 Å². The number of alkyl carbamates (subject to hydrolysis) is 1. The van der Waals surface area contributed by atoms with Crippen LogP contribution in [-0.2, 0) is 4.74 Å². The third-order valence-electron chi connectivity index (χ3n) is 2.06. The molecular weight excluding hydrogens is 158 g/mol. The van der Waals surface area contributed by atoms with Crippen LogP contribution in [0.5, 0.6) is 0 Å². The Balaban J connectivity index is 2.45. The normalized spacial score (nSPS) is 26.3. The van der Waals surface area contributed by atoms with E-state index in [9.17, 15) is 9.90 Å². The second-order valence-electron chi connectivity index (χ2n) is 3.41. The fourth-order valence-electron chi connectivity index (χ4n) is 1.26. The van der Waals surface area contributed by atoms with E-state index in [0.717, 1.165) is 0 Å². The summed E-state index contributed by atoms with van der Waals surface area (Å²) in [6.07, 6.45) is -0.214. The van der Waals surface area contributed by atoms with Crippen LogP contribution < -0.4 is 5.32 Å². The van der Waals surface area contributed by atoms with Gasteiger partial charge >= 0.3 is 6.09 Å². The Bertz CT molecular complexity index is 170. The molecule has 0 spiro atoms. The minimum atomic E-state index is -0.474. The monoisotopic (exact) mass is 173 g/mol. The van der Waals surface area contributed by atoms with Gasteiger partial charge in [0.25, 0.3) is 0 Å². The number of amides is 1. The highest BCUT2D eigenvalue weighted by molar-refractivity contribution is 5.68. The van der Waals surface area contributed by atoms with Crippen LogP contribution in [-0.4, -0.2) is 30.0 Å². The molecule has 4 heteroatoms. The third-order valence-corrected chi connectivity index (χ3v) is 2.06. The molecule has 0 radical (unpaired) electrons. The molecule has 1 heterocycles. The van der Waals surface area contributed by atoms with Crippen molar-refractivity contribution in [1.82, 2.24) is 5.32 Å². The summed E-state index contributed by atoms with van der Waals surface area (Å²) in [6, 6.07) is -0.147. The molecular formula is C8H15NO3. The highest BCUT2D eigenvalue weighted by atomic mass is 16.6. The molecule has 1 unspecified atom stereocenters. The van der Waals surface area contributed by atoms with E-state index >= 15 is 0 Å². The molecule has 0 aliphatic carbocycles. The average Bonchev–Trinajstić information content (AvgIpc) is 2.03. The molecule has 70 valence electrons. The number of ether oxygens (including phenoxy) is 1. The number of rotatable bonds is 2. The molecule has 0 bridgehead atoms. The Hall–Kier alpha value is -0.770. The molecule has 0 aromatic heterocycles. The van der Waals surface area contributed by atoms with Crippen molar-refractivity contribution in [3.05, 3.63) is 0 Å². The Morgan fingerprint density at radius 3 is 2.83 bits per heavy atom. The van der Waals surface area contributed by atoms with Crippen molar-refractivity contribution >= 4 is 6.09 Å². The van der Waals surface area contributed by atoms with Crippen LogP contribution in [0.25, 0.3) is 0 Å². The van der Waals surface area contributed by atoms with Crippen molar-refractivity contribution in [2.24, 2.45) is 5.92 Å². The highest BCUT2D eigenvalue weighted by Crippen LogP contribution is 2.12. The second-order valence-corrected chi connectivity index (χ2v) is 3.41. The fraction of sp³-hybridized carbons (Fsp3) is 0.875. The number of carbonyl (C=O) groups excluding carboxylic acids is 1. The first-order chi connectivity index (χ1) is 5.61. The predicted octanol–water partition coefficient (Wildman–Crippen LogP) is 0.502. The lowest BCUT2D eigenvalue weighted by molar-refractivity contribution is 0.0424. The van der Waals surface area contributed by atoms with Crippen LogP contribution in [0, 0.1) is 5.92 Å². The lowest BCUT2D eigenvalue weighted by Crippen LogP contribution is -2.49. The smallest absolute Gasteiger partial charge is 0.407 e. The fourth-order valence-corrected chi connectivity index (χ4v) is 1.26. The molecule has 1 rings (SSSR count). The van der Waals surface area contributed by atoms with Crippen molar-refractivity contribution < 1.29 is 14.6 Å². The number of nitrogens with one attached hydrogen (secondary N) is 1. The zero-order valence-electron chi connectivity index (χ0n) is 7.41. The van der Waals surface area contributed by atoms with Crippen molar-refractivity contribution in [3.8, 4) is 0 Å². The number of aliphatic hydroxyl groups excluding tert-OH is 1. The SMILES string of the molecule is CC(C)[C@H](O)C1CCOC(=O)N1. The summed E-state index contributed by atoms with van der Waals surface area (Å²) in [6.45, 7) is 4.25. The van der Waals surface area contributed by atoms with Crippen LogP contribution in [0.1, 0.15) is 20.3 Å². The molecule has 0 aromatic rings. The molecule has 2 atom stereocenters. The Morgan fingerprint density at radius 1 is 1.67 bits per heavy atom. The first kappa shape index (κ1) is 9.32. The molecule has 1 fully saturated rings. The summed E-state index contributed by atoms with van der Waals surface area (Å²) in [4.78, 5) is 10.8. The molecule has 1 saturated heterocycles. The van der Waals surface area contributed by atoms with E-state index < -0.39 is 12.2 Å². The lowest BCUT2D eigenvalue weighted by Gasteiger charge is -2.29. The van der Waals surface area contributed by atoms with Gasteiger partial charge in [-0.2, -0.15) is 0 Å². The van der Waals surface area contributed by atoms with Gasteiger partial charge in [0.15, 0.2) is 0 Å². The summed E-state index contributed by atoms with van der Waals surface area (Å²) in [5.41, 5.74) is 0. The van der Waals surface area contributed by atoms with E-state index in [-0.39, 0.29) is 12.0 Å². The van der Waals surface area contributed by atoms with Gasteiger partial charge in [-0.15, -0.1) is 0 Å². The standard InChI is InChI=1S/C8H15NO3/c1-5(2)7(10)6-3-4-12-8(11)9-6/h5-7,10H,3-4H2,1-2H3,(H,9,11)/t6?,7-/m0/s1. The van der Waals surface area contributed by atoms with Crippen molar-refractivity contribution in [1.29, 1.82) is 0 Å². The van der Waals surface area contributed by atoms with E-state index in [1.54, 1.807) is 0 Å². The summed E-state index contributed by atoms with van der Waals surface area (Å²) < 4.78 is 4.68. The van der Waals surface area contributed by atoms with E-state index in [1.807, 2.05) is 13.8 Å². The number of carbonyl (C=O) groups is 1. The van der Waals surface area contributed by atoms with Gasteiger partial charge in [0.2, 0.25) is 0 Å². The second kappa shape index (κ2) is 3.76. The molecule has 0 aromatic carbocycles. The molecule has 1 amide bonds. The first-order valence-electron chi connectivity index (χ1n) is 4.22. The first-order valence-corrected chi connectivity index (χ1v) is 4.22. The number of hydrogen-bond donors (Lipinski definition) is 2. The summed E-state index contributed by atoms with van der Waals surface area (Å²) in [7, 11) is 0. The molecule has 4 nitrogen and oxygen atoms in total. The lowest BCUT2D eigenvalue weighted by atomic mass is 9.97. The minimum Gasteiger partial charge on any atom is -0.449 e. The largest absolute Gasteiger partial charge is 0.449 e. The van der Waals surface area contributed by atoms with E-state index in [4.69, 9.17) is 0 Å².